The molecule has 0 unspecified atom stereocenters. The highest BCUT2D eigenvalue weighted by atomic mass is 32.1. The smallest absolute Gasteiger partial charge is 0.242 e. The van der Waals surface area contributed by atoms with Gasteiger partial charge in [0.25, 0.3) is 0 Å². The number of thiophene rings is 1. The Bertz CT molecular complexity index is 864. The van der Waals surface area contributed by atoms with E-state index in [-0.39, 0.29) is 19.2 Å². The monoisotopic (exact) mass is 386 g/mol. The first-order valence-corrected chi connectivity index (χ1v) is 9.77. The van der Waals surface area contributed by atoms with E-state index in [0.717, 1.165) is 30.0 Å². The predicted molar refractivity (Wildman–Crippen MR) is 104 cm³/mol. The van der Waals surface area contributed by atoms with E-state index in [1.807, 2.05) is 23.1 Å². The van der Waals surface area contributed by atoms with Crippen molar-refractivity contribution in [2.45, 2.75) is 19.5 Å². The molecular formula is C19H22N4O3S. The number of rotatable bonds is 4. The van der Waals surface area contributed by atoms with E-state index in [2.05, 4.69) is 27.1 Å². The molecular weight excluding hydrogens is 364 g/mol. The Morgan fingerprint density at radius 1 is 1.26 bits per heavy atom. The minimum atomic E-state index is 0.0814. The average molecular weight is 386 g/mol. The SMILES string of the molecule is CN=C(NCC(=O)N1CCc2sccc2C1)NCc1ccc2c(c1)OCO2. The largest absolute Gasteiger partial charge is 0.454 e. The van der Waals surface area contributed by atoms with E-state index in [9.17, 15) is 4.79 Å². The maximum absolute atomic E-state index is 12.5. The number of amides is 1. The van der Waals surface area contributed by atoms with Gasteiger partial charge in [0.1, 0.15) is 0 Å². The molecule has 2 aliphatic rings. The zero-order valence-electron chi connectivity index (χ0n) is 15.2. The maximum Gasteiger partial charge on any atom is 0.242 e. The summed E-state index contributed by atoms with van der Waals surface area (Å²) in [6, 6.07) is 7.93. The second-order valence-corrected chi connectivity index (χ2v) is 7.40. The van der Waals surface area contributed by atoms with Gasteiger partial charge in [0.2, 0.25) is 12.7 Å². The number of carbonyl (C=O) groups is 1. The van der Waals surface area contributed by atoms with Crippen molar-refractivity contribution in [1.29, 1.82) is 0 Å². The molecule has 3 heterocycles. The van der Waals surface area contributed by atoms with Crippen LogP contribution in [0.4, 0.5) is 0 Å². The van der Waals surface area contributed by atoms with Gasteiger partial charge in [-0.25, -0.2) is 0 Å². The van der Waals surface area contributed by atoms with Crippen molar-refractivity contribution in [3.8, 4) is 11.5 Å². The highest BCUT2D eigenvalue weighted by Crippen LogP contribution is 2.32. The summed E-state index contributed by atoms with van der Waals surface area (Å²) in [4.78, 5) is 20.0. The molecule has 1 aromatic carbocycles. The summed E-state index contributed by atoms with van der Waals surface area (Å²) in [6.07, 6.45) is 0.940. The summed E-state index contributed by atoms with van der Waals surface area (Å²) in [5.74, 6) is 2.19. The average Bonchev–Trinajstić information content (AvgIpc) is 3.35. The van der Waals surface area contributed by atoms with Gasteiger partial charge < -0.3 is 25.0 Å². The second-order valence-electron chi connectivity index (χ2n) is 6.40. The van der Waals surface area contributed by atoms with Crippen LogP contribution in [0.5, 0.6) is 11.5 Å². The molecule has 0 saturated heterocycles. The lowest BCUT2D eigenvalue weighted by Gasteiger charge is -2.27. The number of benzene rings is 1. The van der Waals surface area contributed by atoms with Gasteiger partial charge in [0.15, 0.2) is 17.5 Å². The van der Waals surface area contributed by atoms with E-state index in [4.69, 9.17) is 9.47 Å². The molecule has 0 fully saturated rings. The Balaban J connectivity index is 1.26. The zero-order chi connectivity index (χ0) is 18.6. The highest BCUT2D eigenvalue weighted by Gasteiger charge is 2.21. The van der Waals surface area contributed by atoms with E-state index >= 15 is 0 Å². The Kier molecular flexibility index (Phi) is 5.15. The van der Waals surface area contributed by atoms with Gasteiger partial charge in [0, 0.05) is 31.6 Å². The fourth-order valence-corrected chi connectivity index (χ4v) is 4.08. The van der Waals surface area contributed by atoms with Gasteiger partial charge in [0.05, 0.1) is 6.54 Å². The molecule has 0 saturated carbocycles. The van der Waals surface area contributed by atoms with E-state index in [1.165, 1.54) is 10.4 Å². The Hall–Kier alpha value is -2.74. The number of nitrogens with one attached hydrogen (secondary N) is 2. The first-order valence-electron chi connectivity index (χ1n) is 8.89. The van der Waals surface area contributed by atoms with Crippen LogP contribution >= 0.6 is 11.3 Å². The summed E-state index contributed by atoms with van der Waals surface area (Å²) >= 11 is 1.77. The van der Waals surface area contributed by atoms with Crippen LogP contribution in [-0.2, 0) is 24.3 Å². The molecule has 0 atom stereocenters. The third-order valence-electron chi connectivity index (χ3n) is 4.69. The van der Waals surface area contributed by atoms with Crippen LogP contribution in [0.2, 0.25) is 0 Å². The fourth-order valence-electron chi connectivity index (χ4n) is 3.19. The number of ether oxygens (including phenoxy) is 2. The van der Waals surface area contributed by atoms with Crippen molar-refractivity contribution in [3.63, 3.8) is 0 Å². The van der Waals surface area contributed by atoms with Gasteiger partial charge in [-0.3, -0.25) is 9.79 Å². The van der Waals surface area contributed by atoms with Crippen molar-refractivity contribution < 1.29 is 14.3 Å². The van der Waals surface area contributed by atoms with Gasteiger partial charge in [-0.1, -0.05) is 6.07 Å². The number of nitrogens with zero attached hydrogens (tertiary/aromatic N) is 2. The van der Waals surface area contributed by atoms with Crippen molar-refractivity contribution in [2.24, 2.45) is 4.99 Å². The van der Waals surface area contributed by atoms with Crippen LogP contribution < -0.4 is 20.1 Å². The first-order chi connectivity index (χ1) is 13.2. The quantitative estimate of drug-likeness (QED) is 0.618. The molecule has 27 heavy (non-hydrogen) atoms. The minimum Gasteiger partial charge on any atom is -0.454 e. The minimum absolute atomic E-state index is 0.0814. The van der Waals surface area contributed by atoms with E-state index in [1.54, 1.807) is 18.4 Å². The van der Waals surface area contributed by atoms with Crippen LogP contribution in [0.1, 0.15) is 16.0 Å². The molecule has 2 aliphatic heterocycles. The van der Waals surface area contributed by atoms with Gasteiger partial charge in [-0.2, -0.15) is 0 Å². The molecule has 7 nitrogen and oxygen atoms in total. The maximum atomic E-state index is 12.5. The molecule has 8 heteroatoms. The molecule has 2 N–H and O–H groups in total. The summed E-state index contributed by atoms with van der Waals surface area (Å²) in [5, 5.41) is 8.42. The number of fused-ring (bicyclic) bond motifs is 2. The van der Waals surface area contributed by atoms with Gasteiger partial charge in [-0.15, -0.1) is 11.3 Å². The third-order valence-corrected chi connectivity index (χ3v) is 5.71. The lowest BCUT2D eigenvalue weighted by molar-refractivity contribution is -0.130. The van der Waals surface area contributed by atoms with Crippen LogP contribution in [0.3, 0.4) is 0 Å². The summed E-state index contributed by atoms with van der Waals surface area (Å²) in [6.45, 7) is 2.54. The molecule has 4 rings (SSSR count). The molecule has 0 spiro atoms. The molecule has 0 bridgehead atoms. The Morgan fingerprint density at radius 2 is 2.15 bits per heavy atom. The number of hydrogen-bond acceptors (Lipinski definition) is 5. The van der Waals surface area contributed by atoms with E-state index in [0.29, 0.717) is 19.0 Å². The van der Waals surface area contributed by atoms with Crippen molar-refractivity contribution in [2.75, 3.05) is 26.9 Å². The Morgan fingerprint density at radius 3 is 3.04 bits per heavy atom. The number of hydrogen-bond donors (Lipinski definition) is 2. The third kappa shape index (κ3) is 4.00. The molecule has 142 valence electrons. The van der Waals surface area contributed by atoms with Crippen molar-refractivity contribution in [3.05, 3.63) is 45.6 Å². The van der Waals surface area contributed by atoms with Crippen molar-refractivity contribution in [1.82, 2.24) is 15.5 Å². The van der Waals surface area contributed by atoms with Crippen LogP contribution in [0.15, 0.2) is 34.6 Å². The molecule has 2 aromatic rings. The highest BCUT2D eigenvalue weighted by molar-refractivity contribution is 7.10. The summed E-state index contributed by atoms with van der Waals surface area (Å²) in [5.41, 5.74) is 2.32. The van der Waals surface area contributed by atoms with Gasteiger partial charge in [-0.05, 0) is 41.1 Å². The fraction of sp³-hybridized carbons (Fsp3) is 0.368. The molecule has 0 aliphatic carbocycles. The normalized spacial score (nSPS) is 15.4. The number of carbonyl (C=O) groups excluding carboxylic acids is 1. The molecule has 1 amide bonds. The number of guanidine groups is 1. The van der Waals surface area contributed by atoms with Crippen LogP contribution in [-0.4, -0.2) is 43.7 Å². The summed E-state index contributed by atoms with van der Waals surface area (Å²) < 4.78 is 10.7. The topological polar surface area (TPSA) is 75.2 Å². The predicted octanol–water partition coefficient (Wildman–Crippen LogP) is 1.73. The van der Waals surface area contributed by atoms with Crippen molar-refractivity contribution >= 4 is 23.2 Å². The number of aliphatic imine (C=N–C) groups is 1. The second kappa shape index (κ2) is 7.87. The van der Waals surface area contributed by atoms with Crippen LogP contribution in [0.25, 0.3) is 0 Å². The van der Waals surface area contributed by atoms with Gasteiger partial charge >= 0.3 is 0 Å². The zero-order valence-corrected chi connectivity index (χ0v) is 16.0. The first kappa shape index (κ1) is 17.7. The Labute approximate surface area is 162 Å². The lowest BCUT2D eigenvalue weighted by atomic mass is 10.1. The lowest BCUT2D eigenvalue weighted by Crippen LogP contribution is -2.45. The van der Waals surface area contributed by atoms with Crippen LogP contribution in [0, 0.1) is 0 Å². The molecule has 1 aromatic heterocycles. The standard InChI is InChI=1S/C19H22N4O3S/c1-20-19(21-9-13-2-3-15-16(8-13)26-12-25-15)22-10-18(24)23-6-4-17-14(11-23)5-7-27-17/h2-3,5,7-8H,4,6,9-12H2,1H3,(H2,20,21,22). The molecule has 0 radical (unpaired) electrons. The van der Waals surface area contributed by atoms with E-state index < -0.39 is 0 Å². The summed E-state index contributed by atoms with van der Waals surface area (Å²) in [7, 11) is 1.69.